The molecule has 2 nitrogen and oxygen atoms in total. The fourth-order valence-corrected chi connectivity index (χ4v) is 2.88. The highest BCUT2D eigenvalue weighted by atomic mass is 127. The predicted octanol–water partition coefficient (Wildman–Crippen LogP) is 2.89. The summed E-state index contributed by atoms with van der Waals surface area (Å²) in [7, 11) is -1.32. The van der Waals surface area contributed by atoms with Gasteiger partial charge in [0.2, 0.25) is 0 Å². The number of halogens is 1. The minimum absolute atomic E-state index is 0.0851. The van der Waals surface area contributed by atoms with E-state index in [9.17, 15) is 4.79 Å². The van der Waals surface area contributed by atoms with Crippen LogP contribution in [-0.4, -0.2) is 20.7 Å². The Morgan fingerprint density at radius 3 is 2.54 bits per heavy atom. The summed E-state index contributed by atoms with van der Waals surface area (Å²) in [4.78, 5) is 11.4. The largest absolute Gasteiger partial charge is 0.462 e. The first-order valence-electron chi connectivity index (χ1n) is 4.49. The molecule has 0 spiro atoms. The molecule has 1 heterocycles. The molecule has 0 saturated carbocycles. The summed E-state index contributed by atoms with van der Waals surface area (Å²) in [6.45, 7) is 7.36. The van der Waals surface area contributed by atoms with Gasteiger partial charge in [-0.2, -0.15) is 0 Å². The Balaban J connectivity index is 2.94. The number of hydrogen-bond donors (Lipinski definition) is 0. The molecule has 0 amide bonds. The van der Waals surface area contributed by atoms with Gasteiger partial charge in [0.05, 0.1) is 14.7 Å². The average molecular weight is 310 g/mol. The molecule has 0 unspecified atom stereocenters. The normalized spacial score (nSPS) is 22.6. The molecule has 0 bridgehead atoms. The first-order valence-corrected chi connectivity index (χ1v) is 9.07. The molecular weight excluding hydrogens is 295 g/mol. The molecule has 0 N–H and O–H groups in total. The van der Waals surface area contributed by atoms with E-state index in [4.69, 9.17) is 4.74 Å². The van der Waals surface area contributed by atoms with Gasteiger partial charge in [-0.15, -0.1) is 0 Å². The highest BCUT2D eigenvalue weighted by molar-refractivity contribution is 14.1. The average Bonchev–Trinajstić information content (AvgIpc) is 2.02. The van der Waals surface area contributed by atoms with Crippen LogP contribution < -0.4 is 0 Å². The lowest BCUT2D eigenvalue weighted by atomic mass is 10.1. The van der Waals surface area contributed by atoms with Gasteiger partial charge in [-0.05, 0) is 16.0 Å². The monoisotopic (exact) mass is 310 g/mol. The molecule has 1 saturated heterocycles. The van der Waals surface area contributed by atoms with E-state index in [2.05, 4.69) is 42.2 Å². The Labute approximate surface area is 93.9 Å². The van der Waals surface area contributed by atoms with Crippen LogP contribution in [0, 0.1) is 0 Å². The highest BCUT2D eigenvalue weighted by Gasteiger charge is 2.27. The summed E-state index contributed by atoms with van der Waals surface area (Å²) in [5, 5.41) is 0. The first kappa shape index (κ1) is 11.2. The van der Waals surface area contributed by atoms with E-state index in [1.54, 1.807) is 0 Å². The Hall–Kier alpha value is 0.157. The standard InChI is InChI=1S/C9H15IO2Si/c1-13(2,3)8(10)7-5-4-6-12-9(7)11/h4-6H2,1-3H3. The number of ether oxygens (including phenoxy) is 1. The zero-order valence-electron chi connectivity index (χ0n) is 8.32. The zero-order chi connectivity index (χ0) is 10.1. The molecule has 4 heteroatoms. The minimum Gasteiger partial charge on any atom is -0.462 e. The summed E-state index contributed by atoms with van der Waals surface area (Å²) in [5.41, 5.74) is 0.936. The Morgan fingerprint density at radius 2 is 2.08 bits per heavy atom. The van der Waals surface area contributed by atoms with Crippen molar-refractivity contribution in [2.24, 2.45) is 0 Å². The van der Waals surface area contributed by atoms with Crippen molar-refractivity contribution in [1.29, 1.82) is 0 Å². The number of cyclic esters (lactones) is 1. The molecule has 0 aromatic heterocycles. The van der Waals surface area contributed by atoms with E-state index in [0.717, 1.165) is 18.4 Å². The van der Waals surface area contributed by atoms with Crippen molar-refractivity contribution in [1.82, 2.24) is 0 Å². The zero-order valence-corrected chi connectivity index (χ0v) is 11.5. The maximum Gasteiger partial charge on any atom is 0.334 e. The SMILES string of the molecule is C[Si](C)(C)C(I)=C1CCCOC1=O. The number of rotatable bonds is 1. The van der Waals surface area contributed by atoms with Gasteiger partial charge in [0.1, 0.15) is 0 Å². The van der Waals surface area contributed by atoms with Crippen LogP contribution in [-0.2, 0) is 9.53 Å². The fraction of sp³-hybridized carbons (Fsp3) is 0.667. The van der Waals surface area contributed by atoms with E-state index < -0.39 is 8.07 Å². The van der Waals surface area contributed by atoms with E-state index >= 15 is 0 Å². The number of carbonyl (C=O) groups excluding carboxylic acids is 1. The molecule has 0 atom stereocenters. The lowest BCUT2D eigenvalue weighted by Gasteiger charge is -2.22. The van der Waals surface area contributed by atoms with E-state index in [1.165, 1.54) is 3.20 Å². The van der Waals surface area contributed by atoms with Crippen molar-refractivity contribution in [3.05, 3.63) is 8.78 Å². The van der Waals surface area contributed by atoms with Crippen LogP contribution in [0.25, 0.3) is 0 Å². The minimum atomic E-state index is -1.32. The quantitative estimate of drug-likeness (QED) is 0.322. The predicted molar refractivity (Wildman–Crippen MR) is 64.6 cm³/mol. The summed E-state index contributed by atoms with van der Waals surface area (Å²) >= 11 is 2.32. The third kappa shape index (κ3) is 2.80. The van der Waals surface area contributed by atoms with Crippen LogP contribution in [0.2, 0.25) is 19.6 Å². The highest BCUT2D eigenvalue weighted by Crippen LogP contribution is 2.29. The van der Waals surface area contributed by atoms with Crippen LogP contribution in [0.15, 0.2) is 8.78 Å². The van der Waals surface area contributed by atoms with Crippen molar-refractivity contribution in [3.8, 4) is 0 Å². The molecule has 0 aromatic rings. The third-order valence-corrected chi connectivity index (χ3v) is 9.10. The number of carbonyl (C=O) groups is 1. The van der Waals surface area contributed by atoms with Gasteiger partial charge in [0, 0.05) is 5.57 Å². The van der Waals surface area contributed by atoms with Gasteiger partial charge in [-0.3, -0.25) is 0 Å². The van der Waals surface area contributed by atoms with Gasteiger partial charge in [0.15, 0.2) is 0 Å². The smallest absolute Gasteiger partial charge is 0.334 e. The molecule has 0 radical (unpaired) electrons. The molecule has 1 aliphatic heterocycles. The number of hydrogen-bond acceptors (Lipinski definition) is 2. The van der Waals surface area contributed by atoms with Crippen molar-refractivity contribution < 1.29 is 9.53 Å². The van der Waals surface area contributed by atoms with Gasteiger partial charge in [0.25, 0.3) is 0 Å². The molecule has 1 aliphatic rings. The number of esters is 1. The van der Waals surface area contributed by atoms with E-state index in [-0.39, 0.29) is 5.97 Å². The van der Waals surface area contributed by atoms with E-state index in [1.807, 2.05) is 0 Å². The van der Waals surface area contributed by atoms with Gasteiger partial charge in [-0.1, -0.05) is 42.2 Å². The van der Waals surface area contributed by atoms with Crippen molar-refractivity contribution >= 4 is 36.6 Å². The first-order chi connectivity index (χ1) is 5.93. The second-order valence-corrected chi connectivity index (χ2v) is 11.4. The van der Waals surface area contributed by atoms with Crippen molar-refractivity contribution in [2.75, 3.05) is 6.61 Å². The van der Waals surface area contributed by atoms with Crippen LogP contribution in [0.5, 0.6) is 0 Å². The maximum absolute atomic E-state index is 11.4. The third-order valence-electron chi connectivity index (χ3n) is 1.97. The second kappa shape index (κ2) is 4.12. The topological polar surface area (TPSA) is 26.3 Å². The van der Waals surface area contributed by atoms with Crippen LogP contribution in [0.4, 0.5) is 0 Å². The molecule has 1 rings (SSSR count). The van der Waals surface area contributed by atoms with Crippen LogP contribution in [0.1, 0.15) is 12.8 Å². The molecule has 1 fully saturated rings. The maximum atomic E-state index is 11.4. The lowest BCUT2D eigenvalue weighted by Crippen LogP contribution is -2.26. The molecule has 0 aliphatic carbocycles. The van der Waals surface area contributed by atoms with Crippen molar-refractivity contribution in [3.63, 3.8) is 0 Å². The van der Waals surface area contributed by atoms with Gasteiger partial charge in [-0.25, -0.2) is 4.79 Å². The summed E-state index contributed by atoms with van der Waals surface area (Å²) in [6, 6.07) is 0. The molecule has 0 aromatic carbocycles. The van der Waals surface area contributed by atoms with Crippen LogP contribution in [0.3, 0.4) is 0 Å². The Bertz CT molecular complexity index is 253. The van der Waals surface area contributed by atoms with Crippen LogP contribution >= 0.6 is 22.6 Å². The Morgan fingerprint density at radius 1 is 1.46 bits per heavy atom. The van der Waals surface area contributed by atoms with Gasteiger partial charge < -0.3 is 4.74 Å². The molecular formula is C9H15IO2Si. The summed E-state index contributed by atoms with van der Waals surface area (Å²) < 4.78 is 6.30. The Kier molecular flexibility index (Phi) is 3.56. The van der Waals surface area contributed by atoms with Gasteiger partial charge >= 0.3 is 5.97 Å². The molecule has 74 valence electrons. The van der Waals surface area contributed by atoms with Crippen molar-refractivity contribution in [2.45, 2.75) is 32.5 Å². The summed E-state index contributed by atoms with van der Waals surface area (Å²) in [6.07, 6.45) is 1.89. The lowest BCUT2D eigenvalue weighted by molar-refractivity contribution is -0.141. The summed E-state index contributed by atoms with van der Waals surface area (Å²) in [5.74, 6) is -0.0851. The fourth-order valence-electron chi connectivity index (χ4n) is 1.26. The van der Waals surface area contributed by atoms with E-state index in [0.29, 0.717) is 6.61 Å². The molecule has 13 heavy (non-hydrogen) atoms. The second-order valence-electron chi connectivity index (χ2n) is 4.28.